The van der Waals surface area contributed by atoms with E-state index in [1.54, 1.807) is 0 Å². The minimum Gasteiger partial charge on any atom is -0.312 e. The molecule has 0 aliphatic carbocycles. The number of hydrogen-bond donors (Lipinski definition) is 1. The first kappa shape index (κ1) is 13.1. The summed E-state index contributed by atoms with van der Waals surface area (Å²) >= 11 is 1.87. The smallest absolute Gasteiger partial charge is 0.0428 e. The number of thioether (sulfide) groups is 1. The van der Waals surface area contributed by atoms with Crippen molar-refractivity contribution in [1.29, 1.82) is 0 Å². The van der Waals surface area contributed by atoms with Crippen molar-refractivity contribution in [1.82, 2.24) is 10.3 Å². The lowest BCUT2D eigenvalue weighted by atomic mass is 10.1. The van der Waals surface area contributed by atoms with Crippen molar-refractivity contribution in [2.24, 2.45) is 0 Å². The van der Waals surface area contributed by atoms with Gasteiger partial charge in [0.2, 0.25) is 0 Å². The highest BCUT2D eigenvalue weighted by Gasteiger charge is 2.09. The molecular weight excluding hydrogens is 240 g/mol. The number of aryl methyl sites for hydroxylation is 1. The second kappa shape index (κ2) is 6.57. The Labute approximate surface area is 113 Å². The maximum Gasteiger partial charge on any atom is 0.0428 e. The van der Waals surface area contributed by atoms with E-state index in [4.69, 9.17) is 0 Å². The fourth-order valence-corrected chi connectivity index (χ4v) is 2.79. The minimum absolute atomic E-state index is 0.338. The first-order chi connectivity index (χ1) is 8.79. The molecule has 0 bridgehead atoms. The van der Waals surface area contributed by atoms with Gasteiger partial charge in [-0.3, -0.25) is 4.98 Å². The molecule has 0 aliphatic heterocycles. The van der Waals surface area contributed by atoms with Crippen molar-refractivity contribution in [3.63, 3.8) is 0 Å². The van der Waals surface area contributed by atoms with Gasteiger partial charge in [-0.15, -0.1) is 11.8 Å². The van der Waals surface area contributed by atoms with Gasteiger partial charge < -0.3 is 5.32 Å². The summed E-state index contributed by atoms with van der Waals surface area (Å²) in [5.41, 5.74) is 2.54. The number of nitrogens with one attached hydrogen (secondary N) is 1. The second-order valence-corrected chi connectivity index (χ2v) is 5.35. The van der Waals surface area contributed by atoms with E-state index in [0.717, 1.165) is 5.75 Å². The molecule has 0 spiro atoms. The van der Waals surface area contributed by atoms with Crippen LogP contribution in [-0.4, -0.2) is 17.8 Å². The largest absolute Gasteiger partial charge is 0.312 e. The Morgan fingerprint density at radius 3 is 2.61 bits per heavy atom. The summed E-state index contributed by atoms with van der Waals surface area (Å²) in [4.78, 5) is 5.48. The molecule has 0 saturated heterocycles. The Bertz CT molecular complexity index is 468. The van der Waals surface area contributed by atoms with E-state index < -0.39 is 0 Å². The van der Waals surface area contributed by atoms with Crippen LogP contribution in [0.2, 0.25) is 0 Å². The van der Waals surface area contributed by atoms with Crippen molar-refractivity contribution in [2.45, 2.75) is 17.9 Å². The van der Waals surface area contributed by atoms with Gasteiger partial charge in [0.15, 0.2) is 0 Å². The number of benzene rings is 1. The molecule has 1 aromatic carbocycles. The highest BCUT2D eigenvalue weighted by Crippen LogP contribution is 2.24. The standard InChI is InChI=1S/C15H18N2S/c1-12-5-7-14(8-6-12)18-11-15(16-2)13-4-3-9-17-10-13/h3-10,15-16H,11H2,1-2H3. The molecule has 94 valence electrons. The molecule has 1 atom stereocenters. The Hall–Kier alpha value is -1.32. The maximum absolute atomic E-state index is 4.17. The molecule has 1 unspecified atom stereocenters. The zero-order chi connectivity index (χ0) is 12.8. The molecular formula is C15H18N2S. The zero-order valence-corrected chi connectivity index (χ0v) is 11.6. The summed E-state index contributed by atoms with van der Waals surface area (Å²) in [5, 5.41) is 3.34. The maximum atomic E-state index is 4.17. The first-order valence-corrected chi connectivity index (χ1v) is 7.05. The van der Waals surface area contributed by atoms with Gasteiger partial charge in [-0.2, -0.15) is 0 Å². The van der Waals surface area contributed by atoms with Crippen LogP contribution in [0.5, 0.6) is 0 Å². The van der Waals surface area contributed by atoms with Crippen LogP contribution in [0.3, 0.4) is 0 Å². The third kappa shape index (κ3) is 3.59. The third-order valence-electron chi connectivity index (χ3n) is 2.87. The Morgan fingerprint density at radius 1 is 1.22 bits per heavy atom. The van der Waals surface area contributed by atoms with Crippen LogP contribution >= 0.6 is 11.8 Å². The molecule has 2 aromatic rings. The molecule has 0 saturated carbocycles. The summed E-state index contributed by atoms with van der Waals surface area (Å²) in [5.74, 6) is 1.01. The van der Waals surface area contributed by atoms with Crippen LogP contribution in [0, 0.1) is 6.92 Å². The predicted octanol–water partition coefficient (Wildman–Crippen LogP) is 3.44. The summed E-state index contributed by atoms with van der Waals surface area (Å²) in [6.45, 7) is 2.11. The lowest BCUT2D eigenvalue weighted by molar-refractivity contribution is 0.659. The monoisotopic (exact) mass is 258 g/mol. The van der Waals surface area contributed by atoms with Crippen LogP contribution in [0.1, 0.15) is 17.2 Å². The molecule has 0 fully saturated rings. The van der Waals surface area contributed by atoms with Gasteiger partial charge in [-0.1, -0.05) is 23.8 Å². The van der Waals surface area contributed by atoms with E-state index in [2.05, 4.69) is 47.6 Å². The zero-order valence-electron chi connectivity index (χ0n) is 10.8. The summed E-state index contributed by atoms with van der Waals surface area (Å²) < 4.78 is 0. The van der Waals surface area contributed by atoms with Crippen LogP contribution in [0.15, 0.2) is 53.7 Å². The van der Waals surface area contributed by atoms with Gasteiger partial charge in [-0.25, -0.2) is 0 Å². The highest BCUT2D eigenvalue weighted by molar-refractivity contribution is 7.99. The van der Waals surface area contributed by atoms with E-state index >= 15 is 0 Å². The van der Waals surface area contributed by atoms with Crippen molar-refractivity contribution in [2.75, 3.05) is 12.8 Å². The quantitative estimate of drug-likeness (QED) is 0.832. The summed E-state index contributed by atoms with van der Waals surface area (Å²) in [7, 11) is 1.99. The molecule has 0 aliphatic rings. The highest BCUT2D eigenvalue weighted by atomic mass is 32.2. The summed E-state index contributed by atoms with van der Waals surface area (Å²) in [6.07, 6.45) is 3.74. The fourth-order valence-electron chi connectivity index (χ4n) is 1.74. The van der Waals surface area contributed by atoms with Crippen molar-refractivity contribution in [3.05, 3.63) is 59.9 Å². The van der Waals surface area contributed by atoms with Gasteiger partial charge in [0.1, 0.15) is 0 Å². The SMILES string of the molecule is CNC(CSc1ccc(C)cc1)c1cccnc1. The number of aromatic nitrogens is 1. The van der Waals surface area contributed by atoms with Gasteiger partial charge in [0.05, 0.1) is 0 Å². The predicted molar refractivity (Wildman–Crippen MR) is 77.9 cm³/mol. The molecule has 1 aromatic heterocycles. The van der Waals surface area contributed by atoms with Gasteiger partial charge in [0, 0.05) is 29.1 Å². The van der Waals surface area contributed by atoms with E-state index in [1.807, 2.05) is 37.3 Å². The van der Waals surface area contributed by atoms with Crippen molar-refractivity contribution >= 4 is 11.8 Å². The van der Waals surface area contributed by atoms with Gasteiger partial charge in [0.25, 0.3) is 0 Å². The normalized spacial score (nSPS) is 12.3. The van der Waals surface area contributed by atoms with Gasteiger partial charge in [-0.05, 0) is 37.7 Å². The van der Waals surface area contributed by atoms with Crippen molar-refractivity contribution < 1.29 is 0 Å². The minimum atomic E-state index is 0.338. The van der Waals surface area contributed by atoms with E-state index in [0.29, 0.717) is 6.04 Å². The second-order valence-electron chi connectivity index (χ2n) is 4.25. The molecule has 0 radical (unpaired) electrons. The van der Waals surface area contributed by atoms with E-state index in [9.17, 15) is 0 Å². The Balaban J connectivity index is 1.97. The number of pyridine rings is 1. The average molecular weight is 258 g/mol. The Morgan fingerprint density at radius 2 is 2.00 bits per heavy atom. The first-order valence-electron chi connectivity index (χ1n) is 6.06. The number of hydrogen-bond acceptors (Lipinski definition) is 3. The molecule has 0 amide bonds. The van der Waals surface area contributed by atoms with Crippen LogP contribution in [0.25, 0.3) is 0 Å². The van der Waals surface area contributed by atoms with E-state index in [1.165, 1.54) is 16.0 Å². The molecule has 18 heavy (non-hydrogen) atoms. The lowest BCUT2D eigenvalue weighted by Gasteiger charge is -2.15. The lowest BCUT2D eigenvalue weighted by Crippen LogP contribution is -2.18. The average Bonchev–Trinajstić information content (AvgIpc) is 2.43. The Kier molecular flexibility index (Phi) is 4.79. The van der Waals surface area contributed by atoms with Crippen LogP contribution < -0.4 is 5.32 Å². The molecule has 1 N–H and O–H groups in total. The third-order valence-corrected chi connectivity index (χ3v) is 3.98. The van der Waals surface area contributed by atoms with E-state index in [-0.39, 0.29) is 0 Å². The van der Waals surface area contributed by atoms with Crippen LogP contribution in [0.4, 0.5) is 0 Å². The fraction of sp³-hybridized carbons (Fsp3) is 0.267. The van der Waals surface area contributed by atoms with Crippen molar-refractivity contribution in [3.8, 4) is 0 Å². The van der Waals surface area contributed by atoms with Gasteiger partial charge >= 0.3 is 0 Å². The number of nitrogens with zero attached hydrogens (tertiary/aromatic N) is 1. The molecule has 2 nitrogen and oxygen atoms in total. The molecule has 2 rings (SSSR count). The van der Waals surface area contributed by atoms with Crippen LogP contribution in [-0.2, 0) is 0 Å². The molecule has 1 heterocycles. The topological polar surface area (TPSA) is 24.9 Å². The number of rotatable bonds is 5. The molecule has 3 heteroatoms. The summed E-state index contributed by atoms with van der Waals surface area (Å²) in [6, 6.07) is 13.1.